The van der Waals surface area contributed by atoms with Crippen molar-refractivity contribution in [2.75, 3.05) is 19.8 Å². The Balaban J connectivity index is 1.73. The Hall–Kier alpha value is -1.45. The Labute approximate surface area is 121 Å². The summed E-state index contributed by atoms with van der Waals surface area (Å²) in [5, 5.41) is 4.61. The first-order valence-electron chi connectivity index (χ1n) is 7.38. The molecule has 0 bridgehead atoms. The maximum absolute atomic E-state index is 5.59. The van der Waals surface area contributed by atoms with Crippen molar-refractivity contribution < 1.29 is 4.74 Å². The topological polar surface area (TPSA) is 34.1 Å². The molecule has 3 heteroatoms. The Bertz CT molecular complexity index is 520. The van der Waals surface area contributed by atoms with Crippen LogP contribution in [0.3, 0.4) is 0 Å². The second kappa shape index (κ2) is 7.98. The monoisotopic (exact) mass is 272 g/mol. The fraction of sp³-hybridized carbons (Fsp3) is 0.471. The molecular formula is C17H24N2O. The van der Waals surface area contributed by atoms with Crippen LogP contribution in [-0.4, -0.2) is 24.7 Å². The Morgan fingerprint density at radius 2 is 2.00 bits per heavy atom. The highest BCUT2D eigenvalue weighted by atomic mass is 16.5. The quantitative estimate of drug-likeness (QED) is 0.748. The number of para-hydroxylation sites is 1. The van der Waals surface area contributed by atoms with Crippen molar-refractivity contribution in [3.8, 4) is 0 Å². The summed E-state index contributed by atoms with van der Waals surface area (Å²) in [5.41, 5.74) is 2.33. The Kier molecular flexibility index (Phi) is 5.96. The van der Waals surface area contributed by atoms with Gasteiger partial charge in [-0.15, -0.1) is 0 Å². The highest BCUT2D eigenvalue weighted by Gasteiger charge is 2.01. The average Bonchev–Trinajstić information content (AvgIpc) is 2.46. The molecule has 2 rings (SSSR count). The van der Waals surface area contributed by atoms with Gasteiger partial charge in [0.2, 0.25) is 0 Å². The molecule has 0 atom stereocenters. The van der Waals surface area contributed by atoms with E-state index in [0.717, 1.165) is 38.2 Å². The van der Waals surface area contributed by atoms with Crippen LogP contribution < -0.4 is 5.32 Å². The zero-order valence-corrected chi connectivity index (χ0v) is 12.4. The molecule has 0 amide bonds. The molecule has 1 N–H and O–H groups in total. The van der Waals surface area contributed by atoms with Crippen LogP contribution in [0.5, 0.6) is 0 Å². The number of hydrogen-bond acceptors (Lipinski definition) is 3. The molecule has 2 aromatic rings. The summed E-state index contributed by atoms with van der Waals surface area (Å²) in [5.74, 6) is 0.713. The van der Waals surface area contributed by atoms with Gasteiger partial charge in [-0.1, -0.05) is 38.1 Å². The predicted molar refractivity (Wildman–Crippen MR) is 83.7 cm³/mol. The SMILES string of the molecule is CC(C)CCOCCNCc1cccc2cccnc12. The van der Waals surface area contributed by atoms with Crippen LogP contribution in [0.4, 0.5) is 0 Å². The van der Waals surface area contributed by atoms with Gasteiger partial charge in [-0.25, -0.2) is 0 Å². The van der Waals surface area contributed by atoms with Crippen molar-refractivity contribution in [2.45, 2.75) is 26.8 Å². The first kappa shape index (κ1) is 14.9. The summed E-state index contributed by atoms with van der Waals surface area (Å²) in [6.07, 6.45) is 2.98. The molecule has 0 radical (unpaired) electrons. The van der Waals surface area contributed by atoms with Gasteiger partial charge in [0.15, 0.2) is 0 Å². The van der Waals surface area contributed by atoms with E-state index in [2.05, 4.69) is 48.4 Å². The molecule has 108 valence electrons. The summed E-state index contributed by atoms with van der Waals surface area (Å²) in [6, 6.07) is 10.4. The van der Waals surface area contributed by atoms with Gasteiger partial charge in [0, 0.05) is 31.3 Å². The second-order valence-electron chi connectivity index (χ2n) is 5.46. The van der Waals surface area contributed by atoms with Crippen molar-refractivity contribution in [3.63, 3.8) is 0 Å². The Morgan fingerprint density at radius 1 is 1.15 bits per heavy atom. The van der Waals surface area contributed by atoms with Crippen LogP contribution in [-0.2, 0) is 11.3 Å². The number of nitrogens with zero attached hydrogens (tertiary/aromatic N) is 1. The lowest BCUT2D eigenvalue weighted by Crippen LogP contribution is -2.20. The number of rotatable bonds is 8. The Morgan fingerprint density at radius 3 is 2.85 bits per heavy atom. The minimum absolute atomic E-state index is 0.713. The number of benzene rings is 1. The maximum atomic E-state index is 5.59. The van der Waals surface area contributed by atoms with Gasteiger partial charge >= 0.3 is 0 Å². The molecule has 0 fully saturated rings. The van der Waals surface area contributed by atoms with Crippen LogP contribution in [0.25, 0.3) is 10.9 Å². The van der Waals surface area contributed by atoms with Crippen LogP contribution in [0.2, 0.25) is 0 Å². The molecule has 0 aliphatic carbocycles. The molecule has 3 nitrogen and oxygen atoms in total. The van der Waals surface area contributed by atoms with E-state index in [4.69, 9.17) is 4.74 Å². The van der Waals surface area contributed by atoms with Crippen molar-refractivity contribution in [1.82, 2.24) is 10.3 Å². The molecule has 1 aromatic heterocycles. The third kappa shape index (κ3) is 4.58. The highest BCUT2D eigenvalue weighted by Crippen LogP contribution is 2.15. The van der Waals surface area contributed by atoms with E-state index in [0.29, 0.717) is 5.92 Å². The summed E-state index contributed by atoms with van der Waals surface area (Å²) >= 11 is 0. The molecule has 0 unspecified atom stereocenters. The van der Waals surface area contributed by atoms with Gasteiger partial charge in [-0.2, -0.15) is 0 Å². The zero-order chi connectivity index (χ0) is 14.2. The predicted octanol–water partition coefficient (Wildman–Crippen LogP) is 3.39. The summed E-state index contributed by atoms with van der Waals surface area (Å²) in [6.45, 7) is 7.77. The third-order valence-electron chi connectivity index (χ3n) is 3.29. The summed E-state index contributed by atoms with van der Waals surface area (Å²) in [7, 11) is 0. The van der Waals surface area contributed by atoms with E-state index in [9.17, 15) is 0 Å². The van der Waals surface area contributed by atoms with Gasteiger partial charge < -0.3 is 10.1 Å². The fourth-order valence-corrected chi connectivity index (χ4v) is 2.10. The second-order valence-corrected chi connectivity index (χ2v) is 5.46. The summed E-state index contributed by atoms with van der Waals surface area (Å²) in [4.78, 5) is 4.46. The maximum Gasteiger partial charge on any atom is 0.0746 e. The van der Waals surface area contributed by atoms with Crippen molar-refractivity contribution in [3.05, 3.63) is 42.1 Å². The van der Waals surface area contributed by atoms with Gasteiger partial charge in [-0.05, 0) is 24.0 Å². The van der Waals surface area contributed by atoms with Crippen LogP contribution in [0.15, 0.2) is 36.5 Å². The lowest BCUT2D eigenvalue weighted by molar-refractivity contribution is 0.125. The molecule has 1 heterocycles. The van der Waals surface area contributed by atoms with E-state index in [-0.39, 0.29) is 0 Å². The van der Waals surface area contributed by atoms with E-state index in [1.807, 2.05) is 12.3 Å². The number of ether oxygens (including phenoxy) is 1. The summed E-state index contributed by atoms with van der Waals surface area (Å²) < 4.78 is 5.59. The molecule has 1 aromatic carbocycles. The number of fused-ring (bicyclic) bond motifs is 1. The molecule has 20 heavy (non-hydrogen) atoms. The number of pyridine rings is 1. The minimum Gasteiger partial charge on any atom is -0.380 e. The van der Waals surface area contributed by atoms with Crippen LogP contribution in [0.1, 0.15) is 25.8 Å². The average molecular weight is 272 g/mol. The van der Waals surface area contributed by atoms with E-state index < -0.39 is 0 Å². The van der Waals surface area contributed by atoms with Crippen molar-refractivity contribution >= 4 is 10.9 Å². The van der Waals surface area contributed by atoms with Crippen molar-refractivity contribution in [1.29, 1.82) is 0 Å². The highest BCUT2D eigenvalue weighted by molar-refractivity contribution is 5.81. The number of aromatic nitrogens is 1. The third-order valence-corrected chi connectivity index (χ3v) is 3.29. The van der Waals surface area contributed by atoms with Gasteiger partial charge in [0.05, 0.1) is 12.1 Å². The normalized spacial score (nSPS) is 11.3. The number of nitrogens with one attached hydrogen (secondary N) is 1. The molecule has 0 saturated heterocycles. The first-order valence-corrected chi connectivity index (χ1v) is 7.38. The van der Waals surface area contributed by atoms with E-state index >= 15 is 0 Å². The largest absolute Gasteiger partial charge is 0.380 e. The van der Waals surface area contributed by atoms with Crippen LogP contribution >= 0.6 is 0 Å². The van der Waals surface area contributed by atoms with Crippen LogP contribution in [0, 0.1) is 5.92 Å². The molecule has 0 spiro atoms. The molecule has 0 aliphatic heterocycles. The van der Waals surface area contributed by atoms with E-state index in [1.165, 1.54) is 10.9 Å². The van der Waals surface area contributed by atoms with Gasteiger partial charge in [-0.3, -0.25) is 4.98 Å². The zero-order valence-electron chi connectivity index (χ0n) is 12.4. The minimum atomic E-state index is 0.713. The molecule has 0 saturated carbocycles. The standard InChI is InChI=1S/C17H24N2O/c1-14(2)8-11-20-12-10-18-13-16-6-3-5-15-7-4-9-19-17(15)16/h3-7,9,14,18H,8,10-13H2,1-2H3. The van der Waals surface area contributed by atoms with Crippen molar-refractivity contribution in [2.24, 2.45) is 5.92 Å². The number of hydrogen-bond donors (Lipinski definition) is 1. The first-order chi connectivity index (χ1) is 9.77. The van der Waals surface area contributed by atoms with Gasteiger partial charge in [0.25, 0.3) is 0 Å². The molecular weight excluding hydrogens is 248 g/mol. The lowest BCUT2D eigenvalue weighted by atomic mass is 10.1. The molecule has 0 aliphatic rings. The van der Waals surface area contributed by atoms with Gasteiger partial charge in [0.1, 0.15) is 0 Å². The fourth-order valence-electron chi connectivity index (χ4n) is 2.10. The lowest BCUT2D eigenvalue weighted by Gasteiger charge is -2.09. The smallest absolute Gasteiger partial charge is 0.0746 e. The van der Waals surface area contributed by atoms with E-state index in [1.54, 1.807) is 0 Å².